The molecule has 0 aliphatic rings. The van der Waals surface area contributed by atoms with Gasteiger partial charge in [-0.05, 0) is 42.2 Å². The summed E-state index contributed by atoms with van der Waals surface area (Å²) in [4.78, 5) is 0.346. The van der Waals surface area contributed by atoms with Gasteiger partial charge >= 0.3 is 0 Å². The van der Waals surface area contributed by atoms with Crippen molar-refractivity contribution in [1.82, 2.24) is 4.72 Å². The number of nitrogens with one attached hydrogen (secondary N) is 1. The van der Waals surface area contributed by atoms with Crippen LogP contribution < -0.4 is 4.72 Å². The zero-order valence-electron chi connectivity index (χ0n) is 12.1. The number of aryl methyl sites for hydroxylation is 2. The molecule has 0 spiro atoms. The van der Waals surface area contributed by atoms with Crippen molar-refractivity contribution >= 4 is 26.0 Å². The lowest BCUT2D eigenvalue weighted by Crippen LogP contribution is -2.24. The molecule has 2 aromatic carbocycles. The molecule has 0 atom stereocenters. The topological polar surface area (TPSA) is 46.2 Å². The summed E-state index contributed by atoms with van der Waals surface area (Å²) in [5, 5.41) is 0.755. The number of rotatable bonds is 5. The maximum absolute atomic E-state index is 12.4. The third kappa shape index (κ3) is 4.15. The first kappa shape index (κ1) is 16.2. The summed E-state index contributed by atoms with van der Waals surface area (Å²) in [6.07, 6.45) is 0. The first-order chi connectivity index (χ1) is 9.92. The minimum Gasteiger partial charge on any atom is -0.207 e. The number of alkyl halides is 1. The van der Waals surface area contributed by atoms with Gasteiger partial charge in [-0.2, -0.15) is 0 Å². The van der Waals surface area contributed by atoms with Gasteiger partial charge in [-0.3, -0.25) is 0 Å². The number of sulfonamides is 1. The van der Waals surface area contributed by atoms with E-state index in [-0.39, 0.29) is 6.54 Å². The molecule has 0 heterocycles. The van der Waals surface area contributed by atoms with E-state index in [4.69, 9.17) is 0 Å². The van der Waals surface area contributed by atoms with E-state index in [0.717, 1.165) is 27.6 Å². The van der Waals surface area contributed by atoms with Crippen LogP contribution in [0.5, 0.6) is 0 Å². The average molecular weight is 368 g/mol. The van der Waals surface area contributed by atoms with Gasteiger partial charge < -0.3 is 0 Å². The molecular formula is C16H18BrNO2S. The summed E-state index contributed by atoms with van der Waals surface area (Å²) in [5.74, 6) is 0. The SMILES string of the molecule is Cc1ccc(C)c(S(=O)(=O)NCc2cccc(CBr)c2)c1. The van der Waals surface area contributed by atoms with Crippen molar-refractivity contribution in [2.75, 3.05) is 0 Å². The van der Waals surface area contributed by atoms with Crippen molar-refractivity contribution in [2.24, 2.45) is 0 Å². The first-order valence-corrected chi connectivity index (χ1v) is 9.23. The molecule has 3 nitrogen and oxygen atoms in total. The minimum absolute atomic E-state index is 0.288. The second-order valence-corrected chi connectivity index (χ2v) is 7.34. The maximum atomic E-state index is 12.4. The summed E-state index contributed by atoms with van der Waals surface area (Å²) in [5.41, 5.74) is 3.75. The van der Waals surface area contributed by atoms with E-state index in [2.05, 4.69) is 20.7 Å². The van der Waals surface area contributed by atoms with Crippen LogP contribution in [0.2, 0.25) is 0 Å². The maximum Gasteiger partial charge on any atom is 0.241 e. The van der Waals surface area contributed by atoms with Crippen molar-refractivity contribution in [3.63, 3.8) is 0 Å². The minimum atomic E-state index is -3.49. The molecule has 21 heavy (non-hydrogen) atoms. The molecule has 0 bridgehead atoms. The van der Waals surface area contributed by atoms with Gasteiger partial charge in [-0.1, -0.05) is 52.3 Å². The van der Waals surface area contributed by atoms with Gasteiger partial charge in [0.2, 0.25) is 10.0 Å². The zero-order valence-corrected chi connectivity index (χ0v) is 14.5. The Labute approximate surface area is 134 Å². The van der Waals surface area contributed by atoms with Crippen LogP contribution >= 0.6 is 15.9 Å². The summed E-state index contributed by atoms with van der Waals surface area (Å²) < 4.78 is 27.5. The third-order valence-corrected chi connectivity index (χ3v) is 5.44. The quantitative estimate of drug-likeness (QED) is 0.819. The van der Waals surface area contributed by atoms with E-state index >= 15 is 0 Å². The molecule has 0 saturated carbocycles. The van der Waals surface area contributed by atoms with Gasteiger partial charge in [-0.15, -0.1) is 0 Å². The highest BCUT2D eigenvalue weighted by Crippen LogP contribution is 2.17. The Morgan fingerprint density at radius 2 is 1.76 bits per heavy atom. The molecule has 0 fully saturated rings. The fraction of sp³-hybridized carbons (Fsp3) is 0.250. The van der Waals surface area contributed by atoms with E-state index in [1.807, 2.05) is 43.3 Å². The molecule has 0 unspecified atom stereocenters. The highest BCUT2D eigenvalue weighted by molar-refractivity contribution is 9.08. The van der Waals surface area contributed by atoms with E-state index in [1.54, 1.807) is 13.0 Å². The van der Waals surface area contributed by atoms with E-state index in [0.29, 0.717) is 4.90 Å². The summed E-state index contributed by atoms with van der Waals surface area (Å²) >= 11 is 3.40. The average Bonchev–Trinajstić information content (AvgIpc) is 2.48. The lowest BCUT2D eigenvalue weighted by molar-refractivity contribution is 0.580. The smallest absolute Gasteiger partial charge is 0.207 e. The van der Waals surface area contributed by atoms with Crippen LogP contribution in [0.15, 0.2) is 47.4 Å². The number of benzene rings is 2. The van der Waals surface area contributed by atoms with Crippen LogP contribution in [-0.4, -0.2) is 8.42 Å². The van der Waals surface area contributed by atoms with Crippen LogP contribution in [0.1, 0.15) is 22.3 Å². The predicted octanol–water partition coefficient (Wildman–Crippen LogP) is 3.68. The zero-order chi connectivity index (χ0) is 15.5. The van der Waals surface area contributed by atoms with Gasteiger partial charge in [0.15, 0.2) is 0 Å². The number of halogens is 1. The van der Waals surface area contributed by atoms with Crippen molar-refractivity contribution in [3.8, 4) is 0 Å². The van der Waals surface area contributed by atoms with E-state index in [1.165, 1.54) is 0 Å². The van der Waals surface area contributed by atoms with Gasteiger partial charge in [0, 0.05) is 11.9 Å². The summed E-state index contributed by atoms with van der Waals surface area (Å²) in [6, 6.07) is 13.3. The van der Waals surface area contributed by atoms with Gasteiger partial charge in [0.25, 0.3) is 0 Å². The Kier molecular flexibility index (Phi) is 5.19. The van der Waals surface area contributed by atoms with Gasteiger partial charge in [-0.25, -0.2) is 13.1 Å². The Morgan fingerprint density at radius 3 is 2.48 bits per heavy atom. The molecule has 0 aliphatic carbocycles. The molecule has 0 aromatic heterocycles. The Morgan fingerprint density at radius 1 is 1.05 bits per heavy atom. The second kappa shape index (κ2) is 6.73. The number of hydrogen-bond acceptors (Lipinski definition) is 2. The standard InChI is InChI=1S/C16H18BrNO2S/c1-12-6-7-13(2)16(8-12)21(19,20)18-11-15-5-3-4-14(9-15)10-17/h3-9,18H,10-11H2,1-2H3. The van der Waals surface area contributed by atoms with E-state index in [9.17, 15) is 8.42 Å². The van der Waals surface area contributed by atoms with Gasteiger partial charge in [0.1, 0.15) is 0 Å². The van der Waals surface area contributed by atoms with Crippen LogP contribution in [0.25, 0.3) is 0 Å². The van der Waals surface area contributed by atoms with Crippen molar-refractivity contribution in [2.45, 2.75) is 30.6 Å². The van der Waals surface area contributed by atoms with Crippen molar-refractivity contribution in [3.05, 3.63) is 64.7 Å². The fourth-order valence-corrected chi connectivity index (χ4v) is 3.77. The highest BCUT2D eigenvalue weighted by Gasteiger charge is 2.16. The lowest BCUT2D eigenvalue weighted by atomic mass is 10.1. The van der Waals surface area contributed by atoms with Crippen LogP contribution in [0.3, 0.4) is 0 Å². The first-order valence-electron chi connectivity index (χ1n) is 6.63. The third-order valence-electron chi connectivity index (χ3n) is 3.25. The van der Waals surface area contributed by atoms with Crippen molar-refractivity contribution in [1.29, 1.82) is 0 Å². The summed E-state index contributed by atoms with van der Waals surface area (Å²) in [7, 11) is -3.49. The highest BCUT2D eigenvalue weighted by atomic mass is 79.9. The Hall–Kier alpha value is -1.17. The second-order valence-electron chi connectivity index (χ2n) is 5.05. The molecule has 0 radical (unpaired) electrons. The monoisotopic (exact) mass is 367 g/mol. The van der Waals surface area contributed by atoms with Crippen LogP contribution in [0, 0.1) is 13.8 Å². The number of hydrogen-bond donors (Lipinski definition) is 1. The molecule has 1 N–H and O–H groups in total. The molecule has 2 rings (SSSR count). The molecular weight excluding hydrogens is 350 g/mol. The molecule has 0 amide bonds. The van der Waals surface area contributed by atoms with Crippen LogP contribution in [-0.2, 0) is 21.9 Å². The fourth-order valence-electron chi connectivity index (χ4n) is 2.08. The molecule has 0 saturated heterocycles. The van der Waals surface area contributed by atoms with Crippen molar-refractivity contribution < 1.29 is 8.42 Å². The summed E-state index contributed by atoms with van der Waals surface area (Å²) in [6.45, 7) is 3.98. The van der Waals surface area contributed by atoms with E-state index < -0.39 is 10.0 Å². The Balaban J connectivity index is 2.19. The molecule has 0 aliphatic heterocycles. The normalized spacial score (nSPS) is 11.6. The molecule has 2 aromatic rings. The molecule has 112 valence electrons. The van der Waals surface area contributed by atoms with Gasteiger partial charge in [0.05, 0.1) is 4.90 Å². The Bertz CT molecular complexity index is 742. The largest absolute Gasteiger partial charge is 0.241 e. The predicted molar refractivity (Wildman–Crippen MR) is 89.0 cm³/mol. The van der Waals surface area contributed by atoms with Crippen LogP contribution in [0.4, 0.5) is 0 Å². The molecule has 5 heteroatoms. The lowest BCUT2D eigenvalue weighted by Gasteiger charge is -2.10.